The van der Waals surface area contributed by atoms with E-state index in [1.165, 1.54) is 17.0 Å². The Hall–Kier alpha value is -2.69. The van der Waals surface area contributed by atoms with Gasteiger partial charge in [0.2, 0.25) is 5.91 Å². The molecular weight excluding hydrogens is 319 g/mol. The number of benzene rings is 2. The molecule has 130 valence electrons. The topological polar surface area (TPSA) is 49.4 Å². The minimum Gasteiger partial charge on any atom is -0.348 e. The first-order valence-corrected chi connectivity index (χ1v) is 8.48. The molecule has 4 nitrogen and oxygen atoms in total. The highest BCUT2D eigenvalue weighted by Crippen LogP contribution is 2.22. The molecule has 0 bridgehead atoms. The van der Waals surface area contributed by atoms with E-state index in [2.05, 4.69) is 5.32 Å². The normalized spacial score (nSPS) is 18.0. The molecular formula is C20H21FN2O2. The summed E-state index contributed by atoms with van der Waals surface area (Å²) < 4.78 is 13.9. The summed E-state index contributed by atoms with van der Waals surface area (Å²) in [6, 6.07) is 14.8. The zero-order valence-corrected chi connectivity index (χ0v) is 14.1. The zero-order valence-electron chi connectivity index (χ0n) is 14.1. The van der Waals surface area contributed by atoms with Crippen LogP contribution in [0.5, 0.6) is 0 Å². The number of nitrogens with one attached hydrogen (secondary N) is 1. The van der Waals surface area contributed by atoms with Crippen LogP contribution in [0.2, 0.25) is 0 Å². The molecule has 0 saturated carbocycles. The molecule has 0 unspecified atom stereocenters. The number of hydrogen-bond acceptors (Lipinski definition) is 2. The molecule has 2 amide bonds. The van der Waals surface area contributed by atoms with Gasteiger partial charge in [-0.1, -0.05) is 42.5 Å². The smallest absolute Gasteiger partial charge is 0.257 e. The maximum Gasteiger partial charge on any atom is 0.257 e. The summed E-state index contributed by atoms with van der Waals surface area (Å²) in [5.74, 6) is -1.18. The van der Waals surface area contributed by atoms with Gasteiger partial charge in [0.05, 0.1) is 11.6 Å². The van der Waals surface area contributed by atoms with Crippen molar-refractivity contribution in [3.05, 3.63) is 71.5 Å². The first kappa shape index (κ1) is 17.1. The molecule has 1 saturated heterocycles. The van der Waals surface area contributed by atoms with Gasteiger partial charge in [-0.25, -0.2) is 4.39 Å². The second-order valence-electron chi connectivity index (χ2n) is 6.28. The van der Waals surface area contributed by atoms with Gasteiger partial charge in [0, 0.05) is 6.54 Å². The van der Waals surface area contributed by atoms with Crippen molar-refractivity contribution in [1.82, 2.24) is 10.2 Å². The van der Waals surface area contributed by atoms with Crippen molar-refractivity contribution in [3.63, 3.8) is 0 Å². The van der Waals surface area contributed by atoms with E-state index in [-0.39, 0.29) is 17.5 Å². The Labute approximate surface area is 146 Å². The average Bonchev–Trinajstić information content (AvgIpc) is 3.12. The second kappa shape index (κ2) is 7.47. The van der Waals surface area contributed by atoms with Crippen molar-refractivity contribution < 1.29 is 14.0 Å². The fourth-order valence-electron chi connectivity index (χ4n) is 3.21. The molecule has 1 N–H and O–H groups in total. The van der Waals surface area contributed by atoms with E-state index in [0.29, 0.717) is 13.0 Å². The van der Waals surface area contributed by atoms with E-state index in [0.717, 1.165) is 12.0 Å². The predicted molar refractivity (Wildman–Crippen MR) is 93.5 cm³/mol. The molecule has 3 rings (SSSR count). The molecule has 1 fully saturated rings. The van der Waals surface area contributed by atoms with E-state index in [9.17, 15) is 14.0 Å². The number of halogens is 1. The molecule has 0 aromatic heterocycles. The molecule has 1 aliphatic rings. The Kier molecular flexibility index (Phi) is 5.12. The highest BCUT2D eigenvalue weighted by molar-refractivity contribution is 5.98. The van der Waals surface area contributed by atoms with Gasteiger partial charge in [0.15, 0.2) is 0 Å². The maximum absolute atomic E-state index is 13.9. The van der Waals surface area contributed by atoms with E-state index >= 15 is 0 Å². The molecule has 5 heteroatoms. The molecule has 2 aromatic rings. The molecule has 2 atom stereocenters. The molecule has 0 aliphatic carbocycles. The molecule has 1 heterocycles. The summed E-state index contributed by atoms with van der Waals surface area (Å²) in [6.07, 6.45) is 1.32. The lowest BCUT2D eigenvalue weighted by Gasteiger charge is -2.26. The van der Waals surface area contributed by atoms with Crippen molar-refractivity contribution in [2.24, 2.45) is 0 Å². The summed E-state index contributed by atoms with van der Waals surface area (Å²) in [6.45, 7) is 2.37. The number of carbonyl (C=O) groups excluding carboxylic acids is 2. The SMILES string of the molecule is C[C@H](NC(=O)[C@H]1CCCN1C(=O)c1ccccc1F)c1ccccc1. The Morgan fingerprint density at radius 3 is 2.52 bits per heavy atom. The number of nitrogens with zero attached hydrogens (tertiary/aromatic N) is 1. The third kappa shape index (κ3) is 3.71. The van der Waals surface area contributed by atoms with Crippen LogP contribution in [0, 0.1) is 5.82 Å². The summed E-state index contributed by atoms with van der Waals surface area (Å²) in [7, 11) is 0. The first-order valence-electron chi connectivity index (χ1n) is 8.48. The van der Waals surface area contributed by atoms with Crippen LogP contribution in [0.25, 0.3) is 0 Å². The van der Waals surface area contributed by atoms with Gasteiger partial charge in [-0.3, -0.25) is 9.59 Å². The summed E-state index contributed by atoms with van der Waals surface area (Å²) in [5, 5.41) is 2.96. The lowest BCUT2D eigenvalue weighted by Crippen LogP contribution is -2.46. The van der Waals surface area contributed by atoms with Crippen LogP contribution in [-0.2, 0) is 4.79 Å². The van der Waals surface area contributed by atoms with Crippen LogP contribution in [-0.4, -0.2) is 29.3 Å². The number of carbonyl (C=O) groups is 2. The van der Waals surface area contributed by atoms with Gasteiger partial charge in [-0.2, -0.15) is 0 Å². The van der Waals surface area contributed by atoms with Crippen LogP contribution >= 0.6 is 0 Å². The number of rotatable bonds is 4. The summed E-state index contributed by atoms with van der Waals surface area (Å²) >= 11 is 0. The fourth-order valence-corrected chi connectivity index (χ4v) is 3.21. The van der Waals surface area contributed by atoms with Crippen LogP contribution in [0.3, 0.4) is 0 Å². The number of hydrogen-bond donors (Lipinski definition) is 1. The lowest BCUT2D eigenvalue weighted by molar-refractivity contribution is -0.125. The molecule has 2 aromatic carbocycles. The van der Waals surface area contributed by atoms with Gasteiger partial charge < -0.3 is 10.2 Å². The summed E-state index contributed by atoms with van der Waals surface area (Å²) in [5.41, 5.74) is 1.01. The van der Waals surface area contributed by atoms with E-state index in [1.54, 1.807) is 12.1 Å². The average molecular weight is 340 g/mol. The largest absolute Gasteiger partial charge is 0.348 e. The maximum atomic E-state index is 13.9. The standard InChI is InChI=1S/C20H21FN2O2/c1-14(15-8-3-2-4-9-15)22-19(24)18-12-7-13-23(18)20(25)16-10-5-6-11-17(16)21/h2-6,8-11,14,18H,7,12-13H2,1H3,(H,22,24)/t14-,18+/m0/s1. The highest BCUT2D eigenvalue weighted by atomic mass is 19.1. The number of likely N-dealkylation sites (tertiary alicyclic amines) is 1. The van der Waals surface area contributed by atoms with E-state index < -0.39 is 17.8 Å². The predicted octanol–water partition coefficient (Wildman–Crippen LogP) is 3.31. The van der Waals surface area contributed by atoms with Gasteiger partial charge in [-0.05, 0) is 37.5 Å². The Balaban J connectivity index is 1.72. The lowest BCUT2D eigenvalue weighted by atomic mass is 10.1. The van der Waals surface area contributed by atoms with Gasteiger partial charge in [0.25, 0.3) is 5.91 Å². The summed E-state index contributed by atoms with van der Waals surface area (Å²) in [4.78, 5) is 26.8. The van der Waals surface area contributed by atoms with Crippen molar-refractivity contribution in [3.8, 4) is 0 Å². The Morgan fingerprint density at radius 1 is 1.12 bits per heavy atom. The monoisotopic (exact) mass is 340 g/mol. The van der Waals surface area contributed by atoms with Crippen LogP contribution in [0.4, 0.5) is 4.39 Å². The zero-order chi connectivity index (χ0) is 17.8. The van der Waals surface area contributed by atoms with Gasteiger partial charge >= 0.3 is 0 Å². The third-order valence-corrected chi connectivity index (χ3v) is 4.58. The van der Waals surface area contributed by atoms with Crippen LogP contribution in [0.1, 0.15) is 41.7 Å². The van der Waals surface area contributed by atoms with Gasteiger partial charge in [-0.15, -0.1) is 0 Å². The van der Waals surface area contributed by atoms with Crippen molar-refractivity contribution in [2.45, 2.75) is 31.8 Å². The minimum atomic E-state index is -0.559. The van der Waals surface area contributed by atoms with E-state index in [1.807, 2.05) is 37.3 Å². The van der Waals surface area contributed by atoms with Crippen LogP contribution in [0.15, 0.2) is 54.6 Å². The fraction of sp³-hybridized carbons (Fsp3) is 0.300. The van der Waals surface area contributed by atoms with Crippen molar-refractivity contribution >= 4 is 11.8 Å². The van der Waals surface area contributed by atoms with Crippen LogP contribution < -0.4 is 5.32 Å². The Morgan fingerprint density at radius 2 is 1.80 bits per heavy atom. The quantitative estimate of drug-likeness (QED) is 0.928. The van der Waals surface area contributed by atoms with Gasteiger partial charge in [0.1, 0.15) is 11.9 Å². The van der Waals surface area contributed by atoms with E-state index in [4.69, 9.17) is 0 Å². The highest BCUT2D eigenvalue weighted by Gasteiger charge is 2.35. The molecule has 25 heavy (non-hydrogen) atoms. The van der Waals surface area contributed by atoms with Crippen molar-refractivity contribution in [1.29, 1.82) is 0 Å². The first-order chi connectivity index (χ1) is 12.1. The second-order valence-corrected chi connectivity index (χ2v) is 6.28. The molecule has 0 spiro atoms. The molecule has 0 radical (unpaired) electrons. The Bertz CT molecular complexity index is 763. The number of amides is 2. The molecule has 1 aliphatic heterocycles. The minimum absolute atomic E-state index is 0.0123. The third-order valence-electron chi connectivity index (χ3n) is 4.58. The van der Waals surface area contributed by atoms with Crippen molar-refractivity contribution in [2.75, 3.05) is 6.54 Å².